The molecular weight excluding hydrogens is 404 g/mol. The molecular formula is C26H32N2O4. The smallest absolute Gasteiger partial charge is 0.338 e. The van der Waals surface area contributed by atoms with Crippen molar-refractivity contribution in [3.05, 3.63) is 77.0 Å². The van der Waals surface area contributed by atoms with Gasteiger partial charge in [0.1, 0.15) is 12.4 Å². The highest BCUT2D eigenvalue weighted by atomic mass is 16.5. The monoisotopic (exact) mass is 436 g/mol. The molecule has 2 amide bonds. The van der Waals surface area contributed by atoms with Gasteiger partial charge in [-0.25, -0.2) is 9.59 Å². The molecule has 3 rings (SSSR count). The Morgan fingerprint density at radius 1 is 1.00 bits per heavy atom. The van der Waals surface area contributed by atoms with Crippen molar-refractivity contribution >= 4 is 12.0 Å². The van der Waals surface area contributed by atoms with Gasteiger partial charge in [0.2, 0.25) is 0 Å². The third kappa shape index (κ3) is 6.61. The van der Waals surface area contributed by atoms with Gasteiger partial charge in [-0.05, 0) is 36.6 Å². The Morgan fingerprint density at radius 3 is 2.56 bits per heavy atom. The van der Waals surface area contributed by atoms with Gasteiger partial charge in [-0.15, -0.1) is 0 Å². The van der Waals surface area contributed by atoms with Gasteiger partial charge >= 0.3 is 12.0 Å². The number of hydrogen-bond donors (Lipinski definition) is 2. The molecule has 1 heterocycles. The SMILES string of the molecule is CCCCCCCOC(=O)C1=C(C)NC(=O)NC1c1cccc(OCc2ccccc2)c1. The maximum absolute atomic E-state index is 12.9. The maximum atomic E-state index is 12.9. The zero-order valence-corrected chi connectivity index (χ0v) is 18.9. The van der Waals surface area contributed by atoms with Crippen LogP contribution in [0, 0.1) is 0 Å². The van der Waals surface area contributed by atoms with Crippen LogP contribution in [0.3, 0.4) is 0 Å². The topological polar surface area (TPSA) is 76.7 Å². The van der Waals surface area contributed by atoms with E-state index in [0.29, 0.717) is 30.2 Å². The Balaban J connectivity index is 1.69. The number of hydrogen-bond acceptors (Lipinski definition) is 4. The molecule has 0 saturated heterocycles. The standard InChI is InChI=1S/C26H32N2O4/c1-3-4-5-6-10-16-31-25(29)23-19(2)27-26(30)28-24(23)21-14-11-15-22(17-21)32-18-20-12-8-7-9-13-20/h7-9,11-15,17,24H,3-6,10,16,18H2,1-2H3,(H2,27,28,30). The van der Waals surface area contributed by atoms with Crippen molar-refractivity contribution in [1.82, 2.24) is 10.6 Å². The van der Waals surface area contributed by atoms with Crippen LogP contribution in [0.5, 0.6) is 5.75 Å². The number of benzene rings is 2. The van der Waals surface area contributed by atoms with Crippen molar-refractivity contribution in [2.45, 2.75) is 58.6 Å². The van der Waals surface area contributed by atoms with E-state index in [2.05, 4.69) is 17.6 Å². The summed E-state index contributed by atoms with van der Waals surface area (Å²) < 4.78 is 11.5. The summed E-state index contributed by atoms with van der Waals surface area (Å²) in [5.41, 5.74) is 2.75. The molecule has 0 aromatic heterocycles. The summed E-state index contributed by atoms with van der Waals surface area (Å²) in [6.45, 7) is 4.70. The van der Waals surface area contributed by atoms with E-state index in [0.717, 1.165) is 30.4 Å². The molecule has 2 aromatic rings. The van der Waals surface area contributed by atoms with E-state index >= 15 is 0 Å². The number of unbranched alkanes of at least 4 members (excludes halogenated alkanes) is 4. The lowest BCUT2D eigenvalue weighted by molar-refractivity contribution is -0.139. The maximum Gasteiger partial charge on any atom is 0.338 e. The number of ether oxygens (including phenoxy) is 2. The second kappa shape index (κ2) is 11.9. The quantitative estimate of drug-likeness (QED) is 0.365. The van der Waals surface area contributed by atoms with Gasteiger partial charge in [-0.3, -0.25) is 0 Å². The van der Waals surface area contributed by atoms with Gasteiger partial charge in [-0.1, -0.05) is 75.1 Å². The predicted molar refractivity (Wildman–Crippen MR) is 124 cm³/mol. The van der Waals surface area contributed by atoms with Crippen LogP contribution in [0.1, 0.15) is 63.1 Å². The number of urea groups is 1. The molecule has 1 aliphatic rings. The first kappa shape index (κ1) is 23.4. The zero-order chi connectivity index (χ0) is 22.8. The van der Waals surface area contributed by atoms with E-state index in [1.165, 1.54) is 12.8 Å². The fourth-order valence-corrected chi connectivity index (χ4v) is 3.69. The van der Waals surface area contributed by atoms with E-state index in [1.54, 1.807) is 6.92 Å². The van der Waals surface area contributed by atoms with Crippen molar-refractivity contribution in [3.63, 3.8) is 0 Å². The van der Waals surface area contributed by atoms with Crippen molar-refractivity contribution < 1.29 is 19.1 Å². The summed E-state index contributed by atoms with van der Waals surface area (Å²) in [5.74, 6) is 0.256. The number of amides is 2. The minimum Gasteiger partial charge on any atom is -0.489 e. The molecule has 1 aliphatic heterocycles. The summed E-state index contributed by atoms with van der Waals surface area (Å²) in [7, 11) is 0. The van der Waals surface area contributed by atoms with Crippen LogP contribution >= 0.6 is 0 Å². The van der Waals surface area contributed by atoms with Gasteiger partial charge in [0, 0.05) is 5.70 Å². The molecule has 0 spiro atoms. The molecule has 0 radical (unpaired) electrons. The van der Waals surface area contributed by atoms with Gasteiger partial charge in [0.15, 0.2) is 0 Å². The number of esters is 1. The van der Waals surface area contributed by atoms with Crippen LogP contribution in [0.2, 0.25) is 0 Å². The van der Waals surface area contributed by atoms with Crippen LogP contribution in [-0.4, -0.2) is 18.6 Å². The van der Waals surface area contributed by atoms with E-state index < -0.39 is 12.0 Å². The molecule has 2 N–H and O–H groups in total. The molecule has 6 nitrogen and oxygen atoms in total. The second-order valence-corrected chi connectivity index (χ2v) is 7.97. The van der Waals surface area contributed by atoms with Crippen molar-refractivity contribution in [1.29, 1.82) is 0 Å². The molecule has 1 unspecified atom stereocenters. The first-order valence-electron chi connectivity index (χ1n) is 11.3. The molecule has 32 heavy (non-hydrogen) atoms. The third-order valence-electron chi connectivity index (χ3n) is 5.41. The Bertz CT molecular complexity index is 940. The molecule has 2 aromatic carbocycles. The molecule has 0 bridgehead atoms. The largest absolute Gasteiger partial charge is 0.489 e. The van der Waals surface area contributed by atoms with Gasteiger partial charge in [-0.2, -0.15) is 0 Å². The lowest BCUT2D eigenvalue weighted by atomic mass is 9.95. The van der Waals surface area contributed by atoms with Gasteiger partial charge in [0.05, 0.1) is 18.2 Å². The van der Waals surface area contributed by atoms with E-state index in [4.69, 9.17) is 9.47 Å². The Labute approximate surface area is 190 Å². The third-order valence-corrected chi connectivity index (χ3v) is 5.41. The highest BCUT2D eigenvalue weighted by molar-refractivity contribution is 5.95. The number of rotatable bonds is 11. The fourth-order valence-electron chi connectivity index (χ4n) is 3.69. The minimum absolute atomic E-state index is 0.348. The van der Waals surface area contributed by atoms with Crippen molar-refractivity contribution in [2.24, 2.45) is 0 Å². The first-order chi connectivity index (χ1) is 15.6. The number of allylic oxidation sites excluding steroid dienone is 1. The Hall–Kier alpha value is -3.28. The number of carbonyl (C=O) groups excluding carboxylic acids is 2. The molecule has 0 saturated carbocycles. The summed E-state index contributed by atoms with van der Waals surface area (Å²) in [5, 5.41) is 5.54. The fraction of sp³-hybridized carbons (Fsp3) is 0.385. The average molecular weight is 437 g/mol. The molecule has 0 fully saturated rings. The van der Waals surface area contributed by atoms with Gasteiger partial charge < -0.3 is 20.1 Å². The van der Waals surface area contributed by atoms with Gasteiger partial charge in [0.25, 0.3) is 0 Å². The lowest BCUT2D eigenvalue weighted by Crippen LogP contribution is -2.45. The van der Waals surface area contributed by atoms with E-state index in [-0.39, 0.29) is 6.03 Å². The summed E-state index contributed by atoms with van der Waals surface area (Å²) in [4.78, 5) is 25.0. The predicted octanol–water partition coefficient (Wildman–Crippen LogP) is 5.41. The number of nitrogens with one attached hydrogen (secondary N) is 2. The summed E-state index contributed by atoms with van der Waals surface area (Å²) in [6, 6.07) is 16.4. The second-order valence-electron chi connectivity index (χ2n) is 7.97. The minimum atomic E-state index is -0.600. The van der Waals surface area contributed by atoms with Crippen LogP contribution in [0.25, 0.3) is 0 Å². The Kier molecular flexibility index (Phi) is 8.72. The van der Waals surface area contributed by atoms with Crippen LogP contribution in [-0.2, 0) is 16.1 Å². The average Bonchev–Trinajstić information content (AvgIpc) is 2.80. The molecule has 6 heteroatoms. The van der Waals surface area contributed by atoms with Crippen LogP contribution in [0.4, 0.5) is 4.79 Å². The number of carbonyl (C=O) groups is 2. The van der Waals surface area contributed by atoms with Crippen molar-refractivity contribution in [3.8, 4) is 5.75 Å². The van der Waals surface area contributed by atoms with Crippen LogP contribution < -0.4 is 15.4 Å². The normalized spacial score (nSPS) is 15.7. The lowest BCUT2D eigenvalue weighted by Gasteiger charge is -2.28. The van der Waals surface area contributed by atoms with E-state index in [9.17, 15) is 9.59 Å². The highest BCUT2D eigenvalue weighted by Gasteiger charge is 2.32. The summed E-state index contributed by atoms with van der Waals surface area (Å²) in [6.07, 6.45) is 5.39. The van der Waals surface area contributed by atoms with Crippen molar-refractivity contribution in [2.75, 3.05) is 6.61 Å². The van der Waals surface area contributed by atoms with Crippen LogP contribution in [0.15, 0.2) is 65.9 Å². The zero-order valence-electron chi connectivity index (χ0n) is 18.9. The molecule has 1 atom stereocenters. The molecule has 0 aliphatic carbocycles. The first-order valence-corrected chi connectivity index (χ1v) is 11.3. The highest BCUT2D eigenvalue weighted by Crippen LogP contribution is 2.30. The van der Waals surface area contributed by atoms with E-state index in [1.807, 2.05) is 54.6 Å². The summed E-state index contributed by atoms with van der Waals surface area (Å²) >= 11 is 0. The molecule has 170 valence electrons. The Morgan fingerprint density at radius 2 is 1.78 bits per heavy atom.